The molecule has 1 aromatic carbocycles. The van der Waals surface area contributed by atoms with Crippen molar-refractivity contribution in [2.24, 2.45) is 0 Å². The number of piperidine rings is 1. The second-order valence-electron chi connectivity index (χ2n) is 5.71. The van der Waals surface area contributed by atoms with Gasteiger partial charge in [-0.25, -0.2) is 4.79 Å². The SMILES string of the molecule is C=C(C)CN1CCC(NC(=O)OCc2ccccc2)CC1. The topological polar surface area (TPSA) is 41.6 Å². The Bertz CT molecular complexity index is 465. The molecule has 1 N–H and O–H groups in total. The minimum absolute atomic E-state index is 0.217. The number of nitrogens with one attached hydrogen (secondary N) is 1. The highest BCUT2D eigenvalue weighted by Gasteiger charge is 2.20. The van der Waals surface area contributed by atoms with E-state index in [0.29, 0.717) is 6.61 Å². The summed E-state index contributed by atoms with van der Waals surface area (Å²) >= 11 is 0. The van der Waals surface area contributed by atoms with Gasteiger partial charge in [-0.3, -0.25) is 4.90 Å². The molecule has 1 amide bonds. The van der Waals surface area contributed by atoms with Gasteiger partial charge >= 0.3 is 6.09 Å². The van der Waals surface area contributed by atoms with Crippen LogP contribution in [-0.4, -0.2) is 36.7 Å². The molecule has 1 fully saturated rings. The molecule has 1 saturated heterocycles. The van der Waals surface area contributed by atoms with E-state index in [0.717, 1.165) is 38.0 Å². The molecule has 114 valence electrons. The summed E-state index contributed by atoms with van der Waals surface area (Å²) < 4.78 is 5.24. The molecule has 21 heavy (non-hydrogen) atoms. The summed E-state index contributed by atoms with van der Waals surface area (Å²) in [5, 5.41) is 2.95. The number of nitrogens with zero attached hydrogens (tertiary/aromatic N) is 1. The van der Waals surface area contributed by atoms with Crippen LogP contribution in [0, 0.1) is 0 Å². The summed E-state index contributed by atoms with van der Waals surface area (Å²) in [5.41, 5.74) is 2.19. The molecule has 0 aromatic heterocycles. The number of rotatable bonds is 5. The maximum absolute atomic E-state index is 11.8. The number of likely N-dealkylation sites (tertiary alicyclic amines) is 1. The Kier molecular flexibility index (Phi) is 5.81. The van der Waals surface area contributed by atoms with Gasteiger partial charge < -0.3 is 10.1 Å². The third-order valence-electron chi connectivity index (χ3n) is 3.62. The van der Waals surface area contributed by atoms with Crippen molar-refractivity contribution in [3.05, 3.63) is 48.0 Å². The highest BCUT2D eigenvalue weighted by Crippen LogP contribution is 2.12. The maximum Gasteiger partial charge on any atom is 0.407 e. The fourth-order valence-corrected chi connectivity index (χ4v) is 2.55. The van der Waals surface area contributed by atoms with Crippen molar-refractivity contribution in [1.29, 1.82) is 0 Å². The molecule has 4 heteroatoms. The van der Waals surface area contributed by atoms with Crippen LogP contribution in [0.2, 0.25) is 0 Å². The van der Waals surface area contributed by atoms with Crippen molar-refractivity contribution in [3.63, 3.8) is 0 Å². The van der Waals surface area contributed by atoms with Gasteiger partial charge in [0.1, 0.15) is 6.61 Å². The lowest BCUT2D eigenvalue weighted by Crippen LogP contribution is -2.45. The number of alkyl carbamates (subject to hydrolysis) is 1. The second kappa shape index (κ2) is 7.84. The third kappa shape index (κ3) is 5.60. The van der Waals surface area contributed by atoms with Gasteiger partial charge in [-0.05, 0) is 25.3 Å². The quantitative estimate of drug-likeness (QED) is 0.847. The van der Waals surface area contributed by atoms with Crippen molar-refractivity contribution in [3.8, 4) is 0 Å². The molecule has 1 aromatic rings. The number of carbonyl (C=O) groups is 1. The minimum Gasteiger partial charge on any atom is -0.445 e. The summed E-state index contributed by atoms with van der Waals surface area (Å²) in [6.45, 7) is 9.25. The Balaban J connectivity index is 1.66. The smallest absolute Gasteiger partial charge is 0.407 e. The first-order valence-corrected chi connectivity index (χ1v) is 7.47. The van der Waals surface area contributed by atoms with Gasteiger partial charge in [-0.1, -0.05) is 42.5 Å². The Labute approximate surface area is 126 Å². The number of hydrogen-bond acceptors (Lipinski definition) is 3. The van der Waals surface area contributed by atoms with Gasteiger partial charge in [0.05, 0.1) is 0 Å². The summed E-state index contributed by atoms with van der Waals surface area (Å²) in [6, 6.07) is 9.94. The van der Waals surface area contributed by atoms with Gasteiger partial charge in [-0.2, -0.15) is 0 Å². The summed E-state index contributed by atoms with van der Waals surface area (Å²) in [6.07, 6.45) is 1.61. The van der Waals surface area contributed by atoms with E-state index >= 15 is 0 Å². The second-order valence-corrected chi connectivity index (χ2v) is 5.71. The van der Waals surface area contributed by atoms with Gasteiger partial charge in [0, 0.05) is 25.7 Å². The first kappa shape index (κ1) is 15.6. The molecule has 1 aliphatic rings. The van der Waals surface area contributed by atoms with Crippen LogP contribution in [0.4, 0.5) is 4.79 Å². The molecule has 0 saturated carbocycles. The summed E-state index contributed by atoms with van der Waals surface area (Å²) in [4.78, 5) is 14.2. The molecule has 0 bridgehead atoms. The predicted octanol–water partition coefficient (Wildman–Crippen LogP) is 2.95. The first-order valence-electron chi connectivity index (χ1n) is 7.47. The molecule has 0 aliphatic carbocycles. The monoisotopic (exact) mass is 288 g/mol. The zero-order valence-electron chi connectivity index (χ0n) is 12.7. The van der Waals surface area contributed by atoms with Crippen LogP contribution in [0.3, 0.4) is 0 Å². The lowest BCUT2D eigenvalue weighted by Gasteiger charge is -2.32. The van der Waals surface area contributed by atoms with E-state index in [-0.39, 0.29) is 12.1 Å². The zero-order valence-corrected chi connectivity index (χ0v) is 12.7. The minimum atomic E-state index is -0.322. The van der Waals surface area contributed by atoms with Crippen LogP contribution in [0.1, 0.15) is 25.3 Å². The normalized spacial score (nSPS) is 16.4. The number of carbonyl (C=O) groups excluding carboxylic acids is 1. The zero-order chi connectivity index (χ0) is 15.1. The van der Waals surface area contributed by atoms with E-state index < -0.39 is 0 Å². The van der Waals surface area contributed by atoms with E-state index in [2.05, 4.69) is 16.8 Å². The number of amides is 1. The molecule has 0 spiro atoms. The van der Waals surface area contributed by atoms with Crippen LogP contribution < -0.4 is 5.32 Å². The van der Waals surface area contributed by atoms with Crippen LogP contribution in [0.5, 0.6) is 0 Å². The highest BCUT2D eigenvalue weighted by atomic mass is 16.5. The average Bonchev–Trinajstić information content (AvgIpc) is 2.48. The molecule has 0 radical (unpaired) electrons. The van der Waals surface area contributed by atoms with Gasteiger partial charge in [0.15, 0.2) is 0 Å². The van der Waals surface area contributed by atoms with Crippen molar-refractivity contribution in [2.45, 2.75) is 32.4 Å². The third-order valence-corrected chi connectivity index (χ3v) is 3.62. The molecule has 1 aliphatic heterocycles. The maximum atomic E-state index is 11.8. The lowest BCUT2D eigenvalue weighted by molar-refractivity contribution is 0.127. The Hall–Kier alpha value is -1.81. The first-order chi connectivity index (χ1) is 10.1. The standard InChI is InChI=1S/C17H24N2O2/c1-14(2)12-19-10-8-16(9-11-19)18-17(20)21-13-15-6-4-3-5-7-15/h3-7,16H,1,8-13H2,2H3,(H,18,20). The lowest BCUT2D eigenvalue weighted by atomic mass is 10.0. The molecular formula is C17H24N2O2. The summed E-state index contributed by atoms with van der Waals surface area (Å²) in [5.74, 6) is 0. The van der Waals surface area contributed by atoms with E-state index in [4.69, 9.17) is 4.74 Å². The molecule has 0 unspecified atom stereocenters. The molecule has 1 heterocycles. The Morgan fingerprint density at radius 1 is 1.33 bits per heavy atom. The number of ether oxygens (including phenoxy) is 1. The van der Waals surface area contributed by atoms with Gasteiger partial charge in [0.2, 0.25) is 0 Å². The molecule has 2 rings (SSSR count). The largest absolute Gasteiger partial charge is 0.445 e. The predicted molar refractivity (Wildman–Crippen MR) is 84.0 cm³/mol. The van der Waals surface area contributed by atoms with E-state index in [1.54, 1.807) is 0 Å². The Morgan fingerprint density at radius 3 is 2.62 bits per heavy atom. The van der Waals surface area contributed by atoms with Crippen molar-refractivity contribution < 1.29 is 9.53 Å². The van der Waals surface area contributed by atoms with Crippen molar-refractivity contribution >= 4 is 6.09 Å². The molecule has 0 atom stereocenters. The van der Waals surface area contributed by atoms with Crippen LogP contribution in [-0.2, 0) is 11.3 Å². The van der Waals surface area contributed by atoms with Crippen molar-refractivity contribution in [2.75, 3.05) is 19.6 Å². The van der Waals surface area contributed by atoms with Gasteiger partial charge in [0.25, 0.3) is 0 Å². The average molecular weight is 288 g/mol. The van der Waals surface area contributed by atoms with Crippen molar-refractivity contribution in [1.82, 2.24) is 10.2 Å². The van der Waals surface area contributed by atoms with Crippen LogP contribution >= 0.6 is 0 Å². The molecular weight excluding hydrogens is 264 g/mol. The fourth-order valence-electron chi connectivity index (χ4n) is 2.55. The summed E-state index contributed by atoms with van der Waals surface area (Å²) in [7, 11) is 0. The molecule has 4 nitrogen and oxygen atoms in total. The van der Waals surface area contributed by atoms with Crippen LogP contribution in [0.25, 0.3) is 0 Å². The number of benzene rings is 1. The van der Waals surface area contributed by atoms with Crippen LogP contribution in [0.15, 0.2) is 42.5 Å². The van der Waals surface area contributed by atoms with E-state index in [1.807, 2.05) is 37.3 Å². The van der Waals surface area contributed by atoms with Gasteiger partial charge in [-0.15, -0.1) is 0 Å². The number of hydrogen-bond donors (Lipinski definition) is 1. The van der Waals surface area contributed by atoms with E-state index in [9.17, 15) is 4.79 Å². The fraction of sp³-hybridized carbons (Fsp3) is 0.471. The van der Waals surface area contributed by atoms with E-state index in [1.165, 1.54) is 5.57 Å². The highest BCUT2D eigenvalue weighted by molar-refractivity contribution is 5.67. The Morgan fingerprint density at radius 2 is 2.00 bits per heavy atom.